The molecule has 2 amide bonds. The Balaban J connectivity index is 1.46. The zero-order valence-corrected chi connectivity index (χ0v) is 17.7. The van der Waals surface area contributed by atoms with E-state index in [1.165, 1.54) is 4.90 Å². The molecule has 0 bridgehead atoms. The van der Waals surface area contributed by atoms with Crippen LogP contribution < -0.4 is 5.32 Å². The predicted octanol–water partition coefficient (Wildman–Crippen LogP) is 2.73. The summed E-state index contributed by atoms with van der Waals surface area (Å²) in [6.07, 6.45) is 4.25. The summed E-state index contributed by atoms with van der Waals surface area (Å²) in [5.74, 6) is -1.41. The van der Waals surface area contributed by atoms with Crippen molar-refractivity contribution in [2.75, 3.05) is 20.2 Å². The van der Waals surface area contributed by atoms with Crippen LogP contribution in [0.3, 0.4) is 0 Å². The molecule has 7 heteroatoms. The lowest BCUT2D eigenvalue weighted by Gasteiger charge is -2.38. The van der Waals surface area contributed by atoms with Gasteiger partial charge in [0, 0.05) is 7.05 Å². The number of hydrogen-bond donors (Lipinski definition) is 1. The monoisotopic (exact) mass is 421 g/mol. The number of nitriles is 1. The van der Waals surface area contributed by atoms with Gasteiger partial charge in [-0.25, -0.2) is 0 Å². The smallest absolute Gasteiger partial charge is 0.325 e. The Morgan fingerprint density at radius 3 is 2.55 bits per heavy atom. The van der Waals surface area contributed by atoms with E-state index in [2.05, 4.69) is 11.4 Å². The van der Waals surface area contributed by atoms with Crippen molar-refractivity contribution in [3.05, 3.63) is 48.0 Å². The van der Waals surface area contributed by atoms with Crippen LogP contribution in [0.4, 0.5) is 0 Å². The lowest BCUT2D eigenvalue weighted by Crippen LogP contribution is -2.51. The van der Waals surface area contributed by atoms with Crippen LogP contribution in [0, 0.1) is 11.3 Å². The standard InChI is InChI=1S/C24H27N3O4/c1-27(24(17-25)12-5-2-6-13-24)22(29)16-31-23(30)15-26-21(28)14-19-10-7-9-18-8-3-4-11-20(18)19/h3-4,7-11H,2,5-6,12-16H2,1H3,(H,26,28). The molecule has 2 aromatic rings. The van der Waals surface area contributed by atoms with Crippen molar-refractivity contribution in [1.29, 1.82) is 5.26 Å². The third-order valence-electron chi connectivity index (χ3n) is 5.92. The number of carbonyl (C=O) groups excluding carboxylic acids is 3. The fourth-order valence-electron chi connectivity index (χ4n) is 4.04. The van der Waals surface area contributed by atoms with Gasteiger partial charge in [-0.3, -0.25) is 14.4 Å². The van der Waals surface area contributed by atoms with Gasteiger partial charge in [-0.2, -0.15) is 5.26 Å². The minimum absolute atomic E-state index is 0.140. The van der Waals surface area contributed by atoms with Gasteiger partial charge in [0.05, 0.1) is 12.5 Å². The minimum Gasteiger partial charge on any atom is -0.454 e. The molecule has 0 heterocycles. The lowest BCUT2D eigenvalue weighted by molar-refractivity contribution is -0.153. The van der Waals surface area contributed by atoms with E-state index in [9.17, 15) is 19.6 Å². The maximum absolute atomic E-state index is 12.4. The number of carbonyl (C=O) groups is 3. The van der Waals surface area contributed by atoms with E-state index < -0.39 is 24.0 Å². The Hall–Kier alpha value is -3.40. The van der Waals surface area contributed by atoms with Crippen molar-refractivity contribution >= 4 is 28.6 Å². The van der Waals surface area contributed by atoms with Gasteiger partial charge >= 0.3 is 5.97 Å². The van der Waals surface area contributed by atoms with E-state index in [1.54, 1.807) is 7.05 Å². The summed E-state index contributed by atoms with van der Waals surface area (Å²) in [7, 11) is 1.58. The van der Waals surface area contributed by atoms with Crippen LogP contribution in [0.15, 0.2) is 42.5 Å². The molecule has 1 fully saturated rings. The molecule has 0 atom stereocenters. The van der Waals surface area contributed by atoms with Crippen molar-refractivity contribution in [2.45, 2.75) is 44.1 Å². The molecule has 7 nitrogen and oxygen atoms in total. The Morgan fingerprint density at radius 1 is 1.10 bits per heavy atom. The number of esters is 1. The maximum Gasteiger partial charge on any atom is 0.325 e. The third kappa shape index (κ3) is 5.40. The highest BCUT2D eigenvalue weighted by molar-refractivity contribution is 5.91. The van der Waals surface area contributed by atoms with Crippen LogP contribution in [0.2, 0.25) is 0 Å². The Bertz CT molecular complexity index is 1000. The third-order valence-corrected chi connectivity index (χ3v) is 5.92. The number of likely N-dealkylation sites (N-methyl/N-ethyl adjacent to an activating group) is 1. The summed E-state index contributed by atoms with van der Waals surface area (Å²) in [6.45, 7) is -0.762. The molecule has 1 aliphatic carbocycles. The number of benzene rings is 2. The number of hydrogen-bond acceptors (Lipinski definition) is 5. The van der Waals surface area contributed by atoms with Crippen LogP contribution >= 0.6 is 0 Å². The van der Waals surface area contributed by atoms with Gasteiger partial charge < -0.3 is 15.0 Å². The quantitative estimate of drug-likeness (QED) is 0.693. The van der Waals surface area contributed by atoms with Gasteiger partial charge in [0.1, 0.15) is 12.1 Å². The molecule has 0 radical (unpaired) electrons. The molecular weight excluding hydrogens is 394 g/mol. The molecule has 0 spiro atoms. The zero-order chi connectivity index (χ0) is 22.3. The van der Waals surface area contributed by atoms with Crippen molar-refractivity contribution in [3.63, 3.8) is 0 Å². The second kappa shape index (κ2) is 10.1. The van der Waals surface area contributed by atoms with Crippen LogP contribution in [0.1, 0.15) is 37.7 Å². The summed E-state index contributed by atoms with van der Waals surface area (Å²) >= 11 is 0. The molecule has 2 aromatic carbocycles. The zero-order valence-electron chi connectivity index (χ0n) is 17.7. The Morgan fingerprint density at radius 2 is 1.81 bits per heavy atom. The van der Waals surface area contributed by atoms with Crippen LogP contribution in [-0.2, 0) is 25.5 Å². The summed E-state index contributed by atoms with van der Waals surface area (Å²) in [6, 6.07) is 15.8. The summed E-state index contributed by atoms with van der Waals surface area (Å²) in [4.78, 5) is 38.1. The summed E-state index contributed by atoms with van der Waals surface area (Å²) in [5, 5.41) is 14.1. The van der Waals surface area contributed by atoms with Crippen molar-refractivity contribution in [1.82, 2.24) is 10.2 Å². The van der Waals surface area contributed by atoms with Gasteiger partial charge in [-0.05, 0) is 29.2 Å². The lowest BCUT2D eigenvalue weighted by atomic mass is 9.81. The SMILES string of the molecule is CN(C(=O)COC(=O)CNC(=O)Cc1cccc2ccccc12)C1(C#N)CCCCC1. The van der Waals surface area contributed by atoms with Gasteiger partial charge in [0.2, 0.25) is 5.91 Å². The number of nitrogens with zero attached hydrogens (tertiary/aromatic N) is 2. The number of fused-ring (bicyclic) bond motifs is 1. The summed E-state index contributed by atoms with van der Waals surface area (Å²) in [5.41, 5.74) is 0.0454. The highest BCUT2D eigenvalue weighted by Crippen LogP contribution is 2.32. The topological polar surface area (TPSA) is 99.5 Å². The second-order valence-corrected chi connectivity index (χ2v) is 7.91. The Kier molecular flexibility index (Phi) is 7.24. The fraction of sp³-hybridized carbons (Fsp3) is 0.417. The molecule has 1 aliphatic rings. The first-order valence-corrected chi connectivity index (χ1v) is 10.5. The van der Waals surface area contributed by atoms with Gasteiger partial charge in [0.25, 0.3) is 5.91 Å². The number of nitrogens with one attached hydrogen (secondary N) is 1. The van der Waals surface area contributed by atoms with E-state index in [0.717, 1.165) is 35.6 Å². The summed E-state index contributed by atoms with van der Waals surface area (Å²) < 4.78 is 5.02. The van der Waals surface area contributed by atoms with E-state index in [-0.39, 0.29) is 18.9 Å². The van der Waals surface area contributed by atoms with Gasteiger partial charge in [-0.15, -0.1) is 0 Å². The highest BCUT2D eigenvalue weighted by atomic mass is 16.5. The van der Waals surface area contributed by atoms with Gasteiger partial charge in [0.15, 0.2) is 6.61 Å². The highest BCUT2D eigenvalue weighted by Gasteiger charge is 2.38. The molecule has 1 saturated carbocycles. The molecule has 162 valence electrons. The van der Waals surface area contributed by atoms with Gasteiger partial charge in [-0.1, -0.05) is 61.7 Å². The number of amides is 2. The second-order valence-electron chi connectivity index (χ2n) is 7.91. The largest absolute Gasteiger partial charge is 0.454 e. The molecule has 0 aliphatic heterocycles. The molecule has 0 saturated heterocycles. The number of rotatable bonds is 7. The van der Waals surface area contributed by atoms with E-state index in [1.807, 2.05) is 42.5 Å². The molecular formula is C24H27N3O4. The predicted molar refractivity (Wildman–Crippen MR) is 116 cm³/mol. The molecule has 3 rings (SSSR count). The van der Waals surface area contributed by atoms with Crippen molar-refractivity contribution in [2.24, 2.45) is 0 Å². The minimum atomic E-state index is -0.825. The molecule has 1 N–H and O–H groups in total. The molecule has 31 heavy (non-hydrogen) atoms. The van der Waals surface area contributed by atoms with Crippen LogP contribution in [-0.4, -0.2) is 48.4 Å². The van der Waals surface area contributed by atoms with E-state index in [4.69, 9.17) is 4.74 Å². The maximum atomic E-state index is 12.4. The first kappa shape index (κ1) is 22.3. The van der Waals surface area contributed by atoms with Crippen molar-refractivity contribution in [3.8, 4) is 6.07 Å². The first-order valence-electron chi connectivity index (χ1n) is 10.5. The Labute approximate surface area is 182 Å². The first-order chi connectivity index (χ1) is 14.9. The average molecular weight is 421 g/mol. The van der Waals surface area contributed by atoms with Crippen molar-refractivity contribution < 1.29 is 19.1 Å². The average Bonchev–Trinajstić information content (AvgIpc) is 2.81. The fourth-order valence-corrected chi connectivity index (χ4v) is 4.04. The van der Waals surface area contributed by atoms with Crippen LogP contribution in [0.5, 0.6) is 0 Å². The van der Waals surface area contributed by atoms with E-state index in [0.29, 0.717) is 12.8 Å². The normalized spacial score (nSPS) is 15.0. The number of ether oxygens (including phenoxy) is 1. The molecule has 0 unspecified atom stereocenters. The molecule has 0 aromatic heterocycles. The van der Waals surface area contributed by atoms with E-state index >= 15 is 0 Å². The van der Waals surface area contributed by atoms with Crippen LogP contribution in [0.25, 0.3) is 10.8 Å².